The molecule has 240 valence electrons. The lowest BCUT2D eigenvalue weighted by Gasteiger charge is -2.19. The molecule has 15 heteroatoms. The van der Waals surface area contributed by atoms with Gasteiger partial charge in [-0.2, -0.15) is 4.68 Å². The van der Waals surface area contributed by atoms with Crippen LogP contribution in [0.5, 0.6) is 17.4 Å². The Morgan fingerprint density at radius 3 is 2.37 bits per heavy atom. The van der Waals surface area contributed by atoms with E-state index in [4.69, 9.17) is 19.3 Å². The van der Waals surface area contributed by atoms with Crippen LogP contribution in [-0.2, 0) is 24.5 Å². The Bertz CT molecular complexity index is 1910. The number of pyridine rings is 1. The van der Waals surface area contributed by atoms with Crippen LogP contribution in [0.25, 0.3) is 16.5 Å². The van der Waals surface area contributed by atoms with Gasteiger partial charge in [0.15, 0.2) is 23.6 Å². The van der Waals surface area contributed by atoms with Gasteiger partial charge in [-0.3, -0.25) is 4.57 Å². The second-order valence-corrected chi connectivity index (χ2v) is 9.81. The van der Waals surface area contributed by atoms with E-state index in [2.05, 4.69) is 10.1 Å². The van der Waals surface area contributed by atoms with Gasteiger partial charge in [-0.15, -0.1) is 5.10 Å². The zero-order valence-electron chi connectivity index (χ0n) is 24.0. The van der Waals surface area contributed by atoms with Gasteiger partial charge in [0.2, 0.25) is 11.6 Å². The minimum atomic E-state index is -3.28. The topological polar surface area (TPSA) is 118 Å². The lowest BCUT2D eigenvalue weighted by Crippen LogP contribution is -2.28. The first-order valence-electron chi connectivity index (χ1n) is 13.8. The molecule has 3 aromatic carbocycles. The molecule has 0 bridgehead atoms. The van der Waals surface area contributed by atoms with Crippen LogP contribution in [-0.4, -0.2) is 49.6 Å². The molecule has 0 radical (unpaired) electrons. The number of carboxylic acids is 1. The fourth-order valence-corrected chi connectivity index (χ4v) is 4.58. The maximum Gasteiger partial charge on any atom is 0.350 e. The molecule has 0 aliphatic carbocycles. The van der Waals surface area contributed by atoms with Crippen LogP contribution in [0.1, 0.15) is 28.7 Å². The lowest BCUT2D eigenvalue weighted by molar-refractivity contribution is -0.000435. The number of hydrogen-bond donors (Lipinski definition) is 1. The van der Waals surface area contributed by atoms with Crippen LogP contribution in [0.3, 0.4) is 0 Å². The summed E-state index contributed by atoms with van der Waals surface area (Å²) in [6.07, 6.45) is -4.37. The summed E-state index contributed by atoms with van der Waals surface area (Å²) in [6, 6.07) is 14.2. The molecule has 0 saturated carbocycles. The number of alkyl halides is 3. The van der Waals surface area contributed by atoms with E-state index in [9.17, 15) is 31.5 Å². The van der Waals surface area contributed by atoms with Crippen LogP contribution in [0.4, 0.5) is 22.0 Å². The number of nitrogens with zero attached hydrogens (tertiary/aromatic N) is 4. The average molecular weight is 645 g/mol. The van der Waals surface area contributed by atoms with Gasteiger partial charge in [-0.1, -0.05) is 30.3 Å². The molecular weight excluding hydrogens is 619 g/mol. The van der Waals surface area contributed by atoms with E-state index in [-0.39, 0.29) is 42.0 Å². The molecule has 2 heterocycles. The van der Waals surface area contributed by atoms with E-state index in [1.165, 1.54) is 22.9 Å². The lowest BCUT2D eigenvalue weighted by atomic mass is 10.1. The van der Waals surface area contributed by atoms with E-state index in [1.807, 2.05) is 30.3 Å². The number of fused-ring (bicyclic) bond motifs is 1. The van der Waals surface area contributed by atoms with Crippen molar-refractivity contribution in [1.82, 2.24) is 19.3 Å². The van der Waals surface area contributed by atoms with Crippen LogP contribution < -0.4 is 15.2 Å². The third-order valence-corrected chi connectivity index (χ3v) is 6.78. The molecule has 1 unspecified atom stereocenters. The zero-order valence-corrected chi connectivity index (χ0v) is 24.0. The third kappa shape index (κ3) is 6.68. The van der Waals surface area contributed by atoms with Crippen molar-refractivity contribution in [3.8, 4) is 23.1 Å². The van der Waals surface area contributed by atoms with Gasteiger partial charge in [0.1, 0.15) is 19.0 Å². The predicted molar refractivity (Wildman–Crippen MR) is 154 cm³/mol. The van der Waals surface area contributed by atoms with Crippen LogP contribution >= 0.6 is 0 Å². The molecule has 46 heavy (non-hydrogen) atoms. The van der Waals surface area contributed by atoms with Crippen LogP contribution in [0.2, 0.25) is 0 Å². The van der Waals surface area contributed by atoms with Gasteiger partial charge in [0.05, 0.1) is 23.2 Å². The zero-order chi connectivity index (χ0) is 33.0. The first kappa shape index (κ1) is 32.1. The van der Waals surface area contributed by atoms with Crippen molar-refractivity contribution in [1.29, 1.82) is 0 Å². The highest BCUT2D eigenvalue weighted by atomic mass is 19.3. The fourth-order valence-electron chi connectivity index (χ4n) is 4.58. The minimum Gasteiger partial charge on any atom is -0.481 e. The maximum atomic E-state index is 14.7. The standard InChI is InChI=1S/C31H25F5N4O6/c1-2-39-25(16-44-15-17-6-4-3-5-7-17)38-40(31(39)43)20-10-18-8-9-37-29(26(18)23(13-20)45-24(14-32)28(35)36)46-27-21(33)11-19(30(41)42)12-22(27)34/h3-13,24,28H,2,14-16H2,1H3,(H,41,42). The van der Waals surface area contributed by atoms with E-state index >= 15 is 0 Å². The highest BCUT2D eigenvalue weighted by molar-refractivity contribution is 5.94. The summed E-state index contributed by atoms with van der Waals surface area (Å²) in [4.78, 5) is 28.5. The number of benzene rings is 3. The molecule has 0 aliphatic heterocycles. The van der Waals surface area contributed by atoms with Gasteiger partial charge in [0.25, 0.3) is 6.43 Å². The van der Waals surface area contributed by atoms with E-state index < -0.39 is 65.4 Å². The predicted octanol–water partition coefficient (Wildman–Crippen LogP) is 6.07. The quantitative estimate of drug-likeness (QED) is 0.154. The molecule has 0 saturated heterocycles. The normalized spacial score (nSPS) is 12.1. The summed E-state index contributed by atoms with van der Waals surface area (Å²) < 4.78 is 89.1. The highest BCUT2D eigenvalue weighted by Gasteiger charge is 2.26. The monoisotopic (exact) mass is 644 g/mol. The second-order valence-electron chi connectivity index (χ2n) is 9.81. The smallest absolute Gasteiger partial charge is 0.350 e. The van der Waals surface area contributed by atoms with Gasteiger partial charge >= 0.3 is 11.7 Å². The SMILES string of the molecule is CCn1c(COCc2ccccc2)nn(-c2cc(OC(CF)C(F)F)c3c(Oc4c(F)cc(C(=O)O)cc4F)nccc3c2)c1=O. The van der Waals surface area contributed by atoms with Crippen molar-refractivity contribution in [2.75, 3.05) is 6.67 Å². The largest absolute Gasteiger partial charge is 0.481 e. The van der Waals surface area contributed by atoms with Crippen molar-refractivity contribution in [2.45, 2.75) is 39.2 Å². The Kier molecular flexibility index (Phi) is 9.61. The van der Waals surface area contributed by atoms with Crippen LogP contribution in [0.15, 0.2) is 71.7 Å². The molecular formula is C31H25F5N4O6. The van der Waals surface area contributed by atoms with Crippen molar-refractivity contribution in [3.05, 3.63) is 106 Å². The molecule has 0 aliphatic rings. The van der Waals surface area contributed by atoms with Crippen molar-refractivity contribution < 1.29 is 46.1 Å². The number of hydrogen-bond acceptors (Lipinski definition) is 7. The number of aromatic nitrogens is 4. The summed E-state index contributed by atoms with van der Waals surface area (Å²) in [7, 11) is 0. The van der Waals surface area contributed by atoms with E-state index in [1.54, 1.807) is 6.92 Å². The second kappa shape index (κ2) is 13.8. The Hall–Kier alpha value is -5.31. The third-order valence-electron chi connectivity index (χ3n) is 6.78. The summed E-state index contributed by atoms with van der Waals surface area (Å²) in [5, 5.41) is 13.4. The van der Waals surface area contributed by atoms with Crippen molar-refractivity contribution in [2.24, 2.45) is 0 Å². The molecule has 0 fully saturated rings. The fraction of sp³-hybridized carbons (Fsp3) is 0.226. The summed E-state index contributed by atoms with van der Waals surface area (Å²) >= 11 is 0. The molecule has 1 N–H and O–H groups in total. The molecule has 0 amide bonds. The van der Waals surface area contributed by atoms with Gasteiger partial charge in [0, 0.05) is 18.8 Å². The molecule has 5 aromatic rings. The molecule has 5 rings (SSSR count). The number of carboxylic acid groups (broad SMARTS) is 1. The Morgan fingerprint density at radius 2 is 1.74 bits per heavy atom. The Morgan fingerprint density at radius 1 is 1.02 bits per heavy atom. The summed E-state index contributed by atoms with van der Waals surface area (Å²) in [5.41, 5.74) is -0.368. The molecule has 10 nitrogen and oxygen atoms in total. The number of aromatic carboxylic acids is 1. The van der Waals surface area contributed by atoms with Crippen molar-refractivity contribution >= 4 is 16.7 Å². The van der Waals surface area contributed by atoms with Gasteiger partial charge < -0.3 is 19.3 Å². The Balaban J connectivity index is 1.59. The van der Waals surface area contributed by atoms with E-state index in [0.717, 1.165) is 16.3 Å². The highest BCUT2D eigenvalue weighted by Crippen LogP contribution is 2.39. The first-order valence-corrected chi connectivity index (χ1v) is 13.8. The van der Waals surface area contributed by atoms with Gasteiger partial charge in [-0.25, -0.2) is 36.5 Å². The van der Waals surface area contributed by atoms with Gasteiger partial charge in [-0.05, 0) is 42.1 Å². The number of carbonyl (C=O) groups is 1. The van der Waals surface area contributed by atoms with Crippen LogP contribution in [0, 0.1) is 11.6 Å². The Labute approximate surface area is 257 Å². The molecule has 2 aromatic heterocycles. The summed E-state index contributed by atoms with van der Waals surface area (Å²) in [5.74, 6) is -6.13. The van der Waals surface area contributed by atoms with Crippen molar-refractivity contribution in [3.63, 3.8) is 0 Å². The number of halogens is 5. The number of ether oxygens (including phenoxy) is 3. The minimum absolute atomic E-state index is 0.0243. The molecule has 1 atom stereocenters. The first-order chi connectivity index (χ1) is 22.1. The molecule has 0 spiro atoms. The number of rotatable bonds is 13. The average Bonchev–Trinajstić information content (AvgIpc) is 3.36. The summed E-state index contributed by atoms with van der Waals surface area (Å²) in [6.45, 7) is 0.528. The maximum absolute atomic E-state index is 14.7. The van der Waals surface area contributed by atoms with E-state index in [0.29, 0.717) is 12.1 Å².